The Morgan fingerprint density at radius 3 is 2.50 bits per heavy atom. The van der Waals surface area contributed by atoms with Crippen LogP contribution in [0.1, 0.15) is 31.4 Å². The molecule has 1 amide bonds. The number of likely N-dealkylation sites (tertiary alicyclic amines) is 1. The summed E-state index contributed by atoms with van der Waals surface area (Å²) >= 11 is 0. The maximum atomic E-state index is 11.8. The minimum atomic E-state index is -0.249. The summed E-state index contributed by atoms with van der Waals surface area (Å²) in [6, 6.07) is 6.10. The number of nitrogens with two attached hydrogens (primary N) is 1. The highest BCUT2D eigenvalue weighted by atomic mass is 16.6. The summed E-state index contributed by atoms with van der Waals surface area (Å²) in [4.78, 5) is 20.2. The molecule has 168 valence electrons. The van der Waals surface area contributed by atoms with E-state index in [1.54, 1.807) is 19.1 Å². The van der Waals surface area contributed by atoms with Crippen molar-refractivity contribution in [2.45, 2.75) is 31.8 Å². The van der Waals surface area contributed by atoms with Gasteiger partial charge < -0.3 is 35.1 Å². The quantitative estimate of drug-likeness (QED) is 0.488. The molecule has 0 aromatic heterocycles. The summed E-state index contributed by atoms with van der Waals surface area (Å²) in [5, 5.41) is 3.28. The number of piperidine rings is 1. The van der Waals surface area contributed by atoms with Crippen LogP contribution in [-0.4, -0.2) is 82.5 Å². The Morgan fingerprint density at radius 1 is 1.27 bits per heavy atom. The zero-order chi connectivity index (χ0) is 22.1. The van der Waals surface area contributed by atoms with E-state index in [1.165, 1.54) is 0 Å². The molecule has 1 aromatic carbocycles. The number of methoxy groups -OCH3 is 2. The Morgan fingerprint density at radius 2 is 1.93 bits per heavy atom. The molecule has 30 heavy (non-hydrogen) atoms. The van der Waals surface area contributed by atoms with E-state index in [0.717, 1.165) is 18.4 Å². The van der Waals surface area contributed by atoms with Gasteiger partial charge in [0.15, 0.2) is 17.5 Å². The molecule has 1 fully saturated rings. The van der Waals surface area contributed by atoms with Gasteiger partial charge in [-0.2, -0.15) is 0 Å². The molecule has 1 atom stereocenters. The maximum absolute atomic E-state index is 11.8. The fraction of sp³-hybridized carbons (Fsp3) is 0.619. The van der Waals surface area contributed by atoms with Crippen LogP contribution in [0.25, 0.3) is 0 Å². The summed E-state index contributed by atoms with van der Waals surface area (Å²) in [6.07, 6.45) is 1.37. The molecule has 1 unspecified atom stereocenters. The van der Waals surface area contributed by atoms with Crippen molar-refractivity contribution < 1.29 is 19.0 Å². The fourth-order valence-corrected chi connectivity index (χ4v) is 3.49. The molecule has 2 rings (SSSR count). The van der Waals surface area contributed by atoms with Crippen LogP contribution in [0.5, 0.6) is 11.5 Å². The van der Waals surface area contributed by atoms with Gasteiger partial charge >= 0.3 is 6.09 Å². The number of likely N-dealkylation sites (N-methyl/N-ethyl adjacent to an activating group) is 1. The van der Waals surface area contributed by atoms with Gasteiger partial charge in [-0.15, -0.1) is 0 Å². The fourth-order valence-electron chi connectivity index (χ4n) is 3.49. The number of guanidine groups is 1. The first kappa shape index (κ1) is 23.6. The Labute approximate surface area is 179 Å². The molecule has 0 bridgehead atoms. The van der Waals surface area contributed by atoms with Gasteiger partial charge in [0.05, 0.1) is 33.4 Å². The highest BCUT2D eigenvalue weighted by Crippen LogP contribution is 2.31. The van der Waals surface area contributed by atoms with Gasteiger partial charge in [0.25, 0.3) is 0 Å². The van der Waals surface area contributed by atoms with Crippen LogP contribution in [0, 0.1) is 0 Å². The number of benzene rings is 1. The van der Waals surface area contributed by atoms with E-state index in [2.05, 4.69) is 15.2 Å². The number of hydrogen-bond donors (Lipinski definition) is 2. The van der Waals surface area contributed by atoms with E-state index in [9.17, 15) is 4.79 Å². The van der Waals surface area contributed by atoms with Gasteiger partial charge in [0.1, 0.15) is 0 Å². The number of amides is 1. The number of nitrogens with zero attached hydrogens (tertiary/aromatic N) is 3. The van der Waals surface area contributed by atoms with E-state index in [4.69, 9.17) is 19.9 Å². The minimum Gasteiger partial charge on any atom is -0.493 e. The number of ether oxygens (including phenoxy) is 3. The van der Waals surface area contributed by atoms with Crippen molar-refractivity contribution in [2.24, 2.45) is 10.7 Å². The van der Waals surface area contributed by atoms with Crippen molar-refractivity contribution in [2.75, 3.05) is 54.6 Å². The standard InChI is InChI=1S/C21H35N5O4/c1-6-30-21(27)26-11-9-16(10-12-26)24-20(22)23-14-17(25(2)3)15-7-8-18(28-4)19(13-15)29-5/h7-8,13,16-17H,6,9-12,14H2,1-5H3,(H3,22,23,24). The Balaban J connectivity index is 1.95. The van der Waals surface area contributed by atoms with E-state index < -0.39 is 0 Å². The summed E-state index contributed by atoms with van der Waals surface area (Å²) in [6.45, 7) is 4.00. The molecule has 1 aliphatic rings. The number of aliphatic imine (C=N–C) groups is 1. The highest BCUT2D eigenvalue weighted by molar-refractivity contribution is 5.78. The third-order valence-corrected chi connectivity index (χ3v) is 5.22. The third kappa shape index (κ3) is 6.41. The monoisotopic (exact) mass is 421 g/mol. The van der Waals surface area contributed by atoms with Crippen LogP contribution in [0.4, 0.5) is 4.79 Å². The third-order valence-electron chi connectivity index (χ3n) is 5.22. The lowest BCUT2D eigenvalue weighted by Crippen LogP contribution is -2.48. The molecule has 1 aliphatic heterocycles. The number of carbonyl (C=O) groups is 1. The van der Waals surface area contributed by atoms with Crippen LogP contribution in [0.15, 0.2) is 23.2 Å². The maximum Gasteiger partial charge on any atom is 0.409 e. The molecule has 0 radical (unpaired) electrons. The first-order valence-corrected chi connectivity index (χ1v) is 10.3. The topological polar surface area (TPSA) is 102 Å². The van der Waals surface area contributed by atoms with Crippen LogP contribution in [0.2, 0.25) is 0 Å². The number of carbonyl (C=O) groups excluding carboxylic acids is 1. The first-order chi connectivity index (χ1) is 14.4. The van der Waals surface area contributed by atoms with Crippen molar-refractivity contribution in [3.63, 3.8) is 0 Å². The second-order valence-electron chi connectivity index (χ2n) is 7.42. The van der Waals surface area contributed by atoms with Crippen molar-refractivity contribution >= 4 is 12.1 Å². The molecule has 1 heterocycles. The summed E-state index contributed by atoms with van der Waals surface area (Å²) in [7, 11) is 7.26. The SMILES string of the molecule is CCOC(=O)N1CCC(NC(N)=NCC(c2ccc(OC)c(OC)c2)N(C)C)CC1. The number of hydrogen-bond acceptors (Lipinski definition) is 6. The van der Waals surface area contributed by atoms with Gasteiger partial charge in [-0.3, -0.25) is 4.99 Å². The van der Waals surface area contributed by atoms with Gasteiger partial charge in [0.2, 0.25) is 0 Å². The van der Waals surface area contributed by atoms with Gasteiger partial charge in [0, 0.05) is 19.1 Å². The van der Waals surface area contributed by atoms with Crippen LogP contribution < -0.4 is 20.5 Å². The Bertz CT molecular complexity index is 717. The lowest BCUT2D eigenvalue weighted by atomic mass is 10.1. The zero-order valence-corrected chi connectivity index (χ0v) is 18.7. The lowest BCUT2D eigenvalue weighted by molar-refractivity contribution is 0.0963. The van der Waals surface area contributed by atoms with Crippen molar-refractivity contribution in [3.8, 4) is 11.5 Å². The van der Waals surface area contributed by atoms with E-state index >= 15 is 0 Å². The molecule has 0 spiro atoms. The van der Waals surface area contributed by atoms with Crippen LogP contribution >= 0.6 is 0 Å². The predicted molar refractivity (Wildman–Crippen MR) is 117 cm³/mol. The zero-order valence-electron chi connectivity index (χ0n) is 18.7. The smallest absolute Gasteiger partial charge is 0.409 e. The largest absolute Gasteiger partial charge is 0.493 e. The van der Waals surface area contributed by atoms with Crippen LogP contribution in [0.3, 0.4) is 0 Å². The summed E-state index contributed by atoms with van der Waals surface area (Å²) in [5.41, 5.74) is 7.21. The lowest BCUT2D eigenvalue weighted by Gasteiger charge is -2.32. The highest BCUT2D eigenvalue weighted by Gasteiger charge is 2.24. The first-order valence-electron chi connectivity index (χ1n) is 10.3. The summed E-state index contributed by atoms with van der Waals surface area (Å²) in [5.74, 6) is 1.79. The molecule has 1 saturated heterocycles. The average Bonchev–Trinajstić information content (AvgIpc) is 2.74. The van der Waals surface area contributed by atoms with Gasteiger partial charge in [-0.25, -0.2) is 4.79 Å². The number of nitrogens with one attached hydrogen (secondary N) is 1. The predicted octanol–water partition coefficient (Wildman–Crippen LogP) is 1.83. The normalized spacial score (nSPS) is 16.3. The molecular formula is C21H35N5O4. The molecule has 0 aliphatic carbocycles. The van der Waals surface area contributed by atoms with Crippen molar-refractivity contribution in [1.82, 2.24) is 15.1 Å². The molecular weight excluding hydrogens is 386 g/mol. The molecule has 3 N–H and O–H groups in total. The van der Waals surface area contributed by atoms with Gasteiger partial charge in [-0.1, -0.05) is 6.07 Å². The van der Waals surface area contributed by atoms with E-state index in [-0.39, 0.29) is 18.2 Å². The molecule has 0 saturated carbocycles. The van der Waals surface area contributed by atoms with Crippen molar-refractivity contribution in [1.29, 1.82) is 0 Å². The Kier molecular flexibility index (Phi) is 9.04. The molecule has 9 heteroatoms. The van der Waals surface area contributed by atoms with E-state index in [0.29, 0.717) is 43.7 Å². The van der Waals surface area contributed by atoms with Gasteiger partial charge in [-0.05, 0) is 51.6 Å². The second kappa shape index (κ2) is 11.5. The number of rotatable bonds is 8. The van der Waals surface area contributed by atoms with Crippen LogP contribution in [-0.2, 0) is 4.74 Å². The molecule has 9 nitrogen and oxygen atoms in total. The van der Waals surface area contributed by atoms with Crippen molar-refractivity contribution in [3.05, 3.63) is 23.8 Å². The average molecular weight is 422 g/mol. The minimum absolute atomic E-state index is 0.0378. The Hall–Kier alpha value is -2.68. The summed E-state index contributed by atoms with van der Waals surface area (Å²) < 4.78 is 15.8. The molecule has 1 aromatic rings. The van der Waals surface area contributed by atoms with E-state index in [1.807, 2.05) is 39.2 Å². The second-order valence-corrected chi connectivity index (χ2v) is 7.42.